The highest BCUT2D eigenvalue weighted by Gasteiger charge is 2.09. The fourth-order valence-corrected chi connectivity index (χ4v) is 2.63. The maximum absolute atomic E-state index is 5.63. The molecule has 0 aliphatic carbocycles. The Labute approximate surface area is 112 Å². The molecule has 1 aromatic carbocycles. The van der Waals surface area contributed by atoms with Crippen molar-refractivity contribution in [1.82, 2.24) is 4.98 Å². The lowest BCUT2D eigenvalue weighted by Crippen LogP contribution is -1.92. The molecular weight excluding hydrogens is 304 g/mol. The molecule has 2 aromatic rings. The first-order valence-corrected chi connectivity index (χ1v) is 6.51. The lowest BCUT2D eigenvalue weighted by Gasteiger charge is -2.03. The third-order valence-electron chi connectivity index (χ3n) is 2.06. The maximum atomic E-state index is 5.63. The van der Waals surface area contributed by atoms with Crippen LogP contribution in [-0.4, -0.2) is 12.1 Å². The van der Waals surface area contributed by atoms with E-state index in [1.807, 2.05) is 18.2 Å². The molecule has 1 aromatic heterocycles. The zero-order valence-electron chi connectivity index (χ0n) is 9.14. The van der Waals surface area contributed by atoms with Crippen LogP contribution in [-0.2, 0) is 6.54 Å². The number of hydrogen-bond acceptors (Lipinski definition) is 5. The van der Waals surface area contributed by atoms with Crippen molar-refractivity contribution < 1.29 is 9.47 Å². The van der Waals surface area contributed by atoms with Gasteiger partial charge in [-0.15, -0.1) is 0 Å². The molecule has 90 valence electrons. The van der Waals surface area contributed by atoms with Crippen molar-refractivity contribution in [3.8, 4) is 16.7 Å². The quantitative estimate of drug-likeness (QED) is 0.941. The van der Waals surface area contributed by atoms with Crippen molar-refractivity contribution in [2.75, 3.05) is 7.11 Å². The molecule has 4 nitrogen and oxygen atoms in total. The predicted octanol–water partition coefficient (Wildman–Crippen LogP) is 3.17. The van der Waals surface area contributed by atoms with Gasteiger partial charge in [-0.1, -0.05) is 17.4 Å². The number of methoxy groups -OCH3 is 1. The molecule has 0 atom stereocenters. The fraction of sp³-hybridized carbons (Fsp3) is 0.182. The van der Waals surface area contributed by atoms with Crippen molar-refractivity contribution in [3.05, 3.63) is 33.7 Å². The highest BCUT2D eigenvalue weighted by atomic mass is 79.9. The molecule has 1 heterocycles. The zero-order valence-corrected chi connectivity index (χ0v) is 11.5. The number of nitrogens with two attached hydrogens (primary N) is 1. The lowest BCUT2D eigenvalue weighted by molar-refractivity contribution is 0.409. The van der Waals surface area contributed by atoms with Crippen molar-refractivity contribution in [2.24, 2.45) is 5.73 Å². The summed E-state index contributed by atoms with van der Waals surface area (Å²) < 4.78 is 11.5. The highest BCUT2D eigenvalue weighted by Crippen LogP contribution is 2.32. The van der Waals surface area contributed by atoms with E-state index in [-0.39, 0.29) is 0 Å². The van der Waals surface area contributed by atoms with E-state index in [1.54, 1.807) is 13.2 Å². The van der Waals surface area contributed by atoms with E-state index >= 15 is 0 Å². The predicted molar refractivity (Wildman–Crippen MR) is 70.8 cm³/mol. The third-order valence-corrected chi connectivity index (χ3v) is 3.94. The number of nitrogens with zero attached hydrogens (tertiary/aromatic N) is 1. The van der Waals surface area contributed by atoms with Gasteiger partial charge in [0.2, 0.25) is 0 Å². The van der Waals surface area contributed by atoms with Crippen LogP contribution >= 0.6 is 27.3 Å². The molecule has 0 saturated carbocycles. The summed E-state index contributed by atoms with van der Waals surface area (Å²) in [5.74, 6) is 1.44. The molecule has 2 rings (SSSR count). The van der Waals surface area contributed by atoms with Crippen molar-refractivity contribution in [3.63, 3.8) is 0 Å². The number of aromatic nitrogens is 1. The second kappa shape index (κ2) is 5.48. The number of rotatable bonds is 4. The zero-order chi connectivity index (χ0) is 12.3. The van der Waals surface area contributed by atoms with Gasteiger partial charge in [0, 0.05) is 12.6 Å². The van der Waals surface area contributed by atoms with Crippen LogP contribution in [0.1, 0.15) is 4.88 Å². The molecule has 0 radical (unpaired) electrons. The molecule has 0 aliphatic heterocycles. The molecule has 0 spiro atoms. The summed E-state index contributed by atoms with van der Waals surface area (Å²) in [7, 11) is 1.62. The van der Waals surface area contributed by atoms with Crippen LogP contribution < -0.4 is 15.2 Å². The third kappa shape index (κ3) is 2.96. The molecule has 2 N–H and O–H groups in total. The Morgan fingerprint density at radius 1 is 1.41 bits per heavy atom. The lowest BCUT2D eigenvalue weighted by atomic mass is 10.3. The molecule has 0 saturated heterocycles. The Hall–Kier alpha value is -1.11. The van der Waals surface area contributed by atoms with Gasteiger partial charge < -0.3 is 15.2 Å². The van der Waals surface area contributed by atoms with Crippen molar-refractivity contribution in [1.29, 1.82) is 0 Å². The van der Waals surface area contributed by atoms with E-state index in [0.717, 1.165) is 15.2 Å². The Balaban J connectivity index is 2.18. The van der Waals surface area contributed by atoms with E-state index in [4.69, 9.17) is 15.2 Å². The minimum absolute atomic E-state index is 0.444. The summed E-state index contributed by atoms with van der Waals surface area (Å²) in [6.45, 7) is 0.444. The summed E-state index contributed by atoms with van der Waals surface area (Å²) in [5.41, 5.74) is 5.57. The standard InChI is InChI=1S/C11H11BrN2O2S/c1-15-7-3-2-4-8(5-7)16-11-14-10(12)9(6-13)17-11/h2-5H,6,13H2,1H3. The van der Waals surface area contributed by atoms with Gasteiger partial charge in [0.25, 0.3) is 5.19 Å². The highest BCUT2D eigenvalue weighted by molar-refractivity contribution is 9.10. The largest absolute Gasteiger partial charge is 0.497 e. The fourth-order valence-electron chi connectivity index (χ4n) is 1.25. The molecule has 0 unspecified atom stereocenters. The second-order valence-electron chi connectivity index (χ2n) is 3.18. The minimum Gasteiger partial charge on any atom is -0.497 e. The Morgan fingerprint density at radius 2 is 2.18 bits per heavy atom. The van der Waals surface area contributed by atoms with Crippen molar-refractivity contribution >= 4 is 27.3 Å². The Bertz CT molecular complexity index is 516. The van der Waals surface area contributed by atoms with Gasteiger partial charge in [-0.25, -0.2) is 0 Å². The van der Waals surface area contributed by atoms with Crippen LogP contribution in [0.4, 0.5) is 0 Å². The number of thiazole rings is 1. The summed E-state index contributed by atoms with van der Waals surface area (Å²) in [4.78, 5) is 5.19. The van der Waals surface area contributed by atoms with Crippen molar-refractivity contribution in [2.45, 2.75) is 6.54 Å². The molecule has 0 aliphatic rings. The van der Waals surface area contributed by atoms with Gasteiger partial charge in [0.05, 0.1) is 12.0 Å². The summed E-state index contributed by atoms with van der Waals surface area (Å²) in [5, 5.41) is 0.561. The van der Waals surface area contributed by atoms with Crippen LogP contribution in [0.15, 0.2) is 28.9 Å². The van der Waals surface area contributed by atoms with Gasteiger partial charge >= 0.3 is 0 Å². The smallest absolute Gasteiger partial charge is 0.280 e. The average molecular weight is 315 g/mol. The summed E-state index contributed by atoms with van der Waals surface area (Å²) >= 11 is 4.76. The van der Waals surface area contributed by atoms with Gasteiger partial charge in [0.1, 0.15) is 16.1 Å². The van der Waals surface area contributed by atoms with Crippen LogP contribution in [0.2, 0.25) is 0 Å². The van der Waals surface area contributed by atoms with Gasteiger partial charge in [-0.2, -0.15) is 4.98 Å². The maximum Gasteiger partial charge on any atom is 0.280 e. The van der Waals surface area contributed by atoms with Gasteiger partial charge in [-0.3, -0.25) is 0 Å². The number of hydrogen-bond donors (Lipinski definition) is 1. The minimum atomic E-state index is 0.444. The summed E-state index contributed by atoms with van der Waals surface area (Å²) in [6, 6.07) is 7.37. The van der Waals surface area contributed by atoms with Crippen LogP contribution in [0.25, 0.3) is 0 Å². The summed E-state index contributed by atoms with van der Waals surface area (Å²) in [6.07, 6.45) is 0. The molecular formula is C11H11BrN2O2S. The van der Waals surface area contributed by atoms with Crippen LogP contribution in [0.5, 0.6) is 16.7 Å². The molecule has 0 bridgehead atoms. The normalized spacial score (nSPS) is 10.3. The number of halogens is 1. The second-order valence-corrected chi connectivity index (χ2v) is 4.98. The molecule has 0 amide bonds. The van der Waals surface area contributed by atoms with Crippen LogP contribution in [0, 0.1) is 0 Å². The number of benzene rings is 1. The van der Waals surface area contributed by atoms with E-state index in [9.17, 15) is 0 Å². The average Bonchev–Trinajstić information content (AvgIpc) is 2.69. The SMILES string of the molecule is COc1cccc(Oc2nc(Br)c(CN)s2)c1. The monoisotopic (exact) mass is 314 g/mol. The van der Waals surface area contributed by atoms with Gasteiger partial charge in [0.15, 0.2) is 0 Å². The Morgan fingerprint density at radius 3 is 2.82 bits per heavy atom. The van der Waals surface area contributed by atoms with E-state index in [2.05, 4.69) is 20.9 Å². The molecule has 6 heteroatoms. The van der Waals surface area contributed by atoms with Gasteiger partial charge in [-0.05, 0) is 28.1 Å². The Kier molecular flexibility index (Phi) is 3.98. The first kappa shape index (κ1) is 12.3. The van der Waals surface area contributed by atoms with E-state index < -0.39 is 0 Å². The van der Waals surface area contributed by atoms with E-state index in [1.165, 1.54) is 11.3 Å². The van der Waals surface area contributed by atoms with E-state index in [0.29, 0.717) is 17.5 Å². The molecule has 0 fully saturated rings. The first-order chi connectivity index (χ1) is 8.22. The number of ether oxygens (including phenoxy) is 2. The topological polar surface area (TPSA) is 57.4 Å². The first-order valence-electron chi connectivity index (χ1n) is 4.90. The molecule has 17 heavy (non-hydrogen) atoms. The van der Waals surface area contributed by atoms with Crippen LogP contribution in [0.3, 0.4) is 0 Å².